The maximum Gasteiger partial charge on any atom is 0.407 e. The Balaban J connectivity index is 1.74. The van der Waals surface area contributed by atoms with E-state index in [1.165, 1.54) is 18.2 Å². The molecule has 13 nitrogen and oxygen atoms in total. The van der Waals surface area contributed by atoms with Crippen molar-refractivity contribution in [3.63, 3.8) is 0 Å². The van der Waals surface area contributed by atoms with Gasteiger partial charge < -0.3 is 19.7 Å². The molecule has 0 bridgehead atoms. The molecule has 0 radical (unpaired) electrons. The quantitative estimate of drug-likeness (QED) is 0.282. The van der Waals surface area contributed by atoms with Crippen LogP contribution in [0.25, 0.3) is 0 Å². The van der Waals surface area contributed by atoms with Crippen molar-refractivity contribution in [3.05, 3.63) is 70.3 Å². The van der Waals surface area contributed by atoms with Crippen molar-refractivity contribution in [2.75, 3.05) is 26.6 Å². The second-order valence-electron chi connectivity index (χ2n) is 9.80. The number of carboxylic acid groups (broad SMARTS) is 1. The molecule has 2 aromatic carbocycles. The largest absolute Gasteiger partial charge is 0.465 e. The molecule has 0 aromatic heterocycles. The van der Waals surface area contributed by atoms with Gasteiger partial charge in [-0.25, -0.2) is 13.2 Å². The number of ether oxygens (including phenoxy) is 2. The molecule has 1 saturated heterocycles. The summed E-state index contributed by atoms with van der Waals surface area (Å²) in [7, 11) is -4.56. The van der Waals surface area contributed by atoms with E-state index in [0.717, 1.165) is 28.3 Å². The molecule has 14 heteroatoms. The number of rotatable bonds is 12. The fraction of sp³-hybridized carbons (Fsp3) is 0.500. The molecule has 40 heavy (non-hydrogen) atoms. The van der Waals surface area contributed by atoms with Crippen molar-refractivity contribution >= 4 is 21.8 Å². The summed E-state index contributed by atoms with van der Waals surface area (Å²) in [6.45, 7) is -0.333. The summed E-state index contributed by atoms with van der Waals surface area (Å²) in [5.74, 6) is 0. The standard InChI is InChI=1S/C26H33N3O10S/c30-25(15-27(26(31)32)21-16-37-18-38-17-21)24(13-19-7-2-1-3-8-19)29(39-22-10-4-5-11-22)40(35,36)23-12-6-9-20(14-23)28(33)34/h1-3,6-9,12,14,21-22,24-25,30H,4-5,10-11,13,15-18H2,(H,31,32)/t24?,25-/m1/s1. The van der Waals surface area contributed by atoms with Crippen LogP contribution in [0.5, 0.6) is 0 Å². The van der Waals surface area contributed by atoms with Gasteiger partial charge in [0.05, 0.1) is 53.9 Å². The molecule has 2 N–H and O–H groups in total. The van der Waals surface area contributed by atoms with Gasteiger partial charge >= 0.3 is 6.09 Å². The van der Waals surface area contributed by atoms with Crippen LogP contribution in [0.15, 0.2) is 59.5 Å². The van der Waals surface area contributed by atoms with E-state index >= 15 is 0 Å². The molecule has 2 atom stereocenters. The van der Waals surface area contributed by atoms with Crippen LogP contribution >= 0.6 is 0 Å². The number of nitro benzene ring substituents is 1. The lowest BCUT2D eigenvalue weighted by atomic mass is 10.0. The van der Waals surface area contributed by atoms with Gasteiger partial charge in [0.15, 0.2) is 0 Å². The predicted molar refractivity (Wildman–Crippen MR) is 141 cm³/mol. The maximum absolute atomic E-state index is 14.0. The molecule has 1 unspecified atom stereocenters. The number of amides is 1. The number of hydrogen-bond donors (Lipinski definition) is 2. The van der Waals surface area contributed by atoms with Crippen LogP contribution in [0.1, 0.15) is 31.2 Å². The number of sulfonamides is 1. The highest BCUT2D eigenvalue weighted by atomic mass is 32.2. The smallest absolute Gasteiger partial charge is 0.407 e. The lowest BCUT2D eigenvalue weighted by molar-refractivity contribution is -0.385. The minimum atomic E-state index is -4.56. The van der Waals surface area contributed by atoms with Crippen LogP contribution in [-0.4, -0.2) is 89.9 Å². The van der Waals surface area contributed by atoms with E-state index < -0.39 is 57.6 Å². The van der Waals surface area contributed by atoms with Gasteiger partial charge in [0.1, 0.15) is 6.79 Å². The van der Waals surface area contributed by atoms with E-state index in [2.05, 4.69) is 0 Å². The minimum absolute atomic E-state index is 0.0198. The van der Waals surface area contributed by atoms with Crippen LogP contribution < -0.4 is 0 Å². The number of nitro groups is 1. The average Bonchev–Trinajstić information content (AvgIpc) is 3.48. The van der Waals surface area contributed by atoms with Gasteiger partial charge in [-0.05, 0) is 30.9 Å². The number of hydrogen-bond acceptors (Lipinski definition) is 9. The molecular formula is C26H33N3O10S. The van der Waals surface area contributed by atoms with Crippen molar-refractivity contribution in [3.8, 4) is 0 Å². The van der Waals surface area contributed by atoms with E-state index in [1.807, 2.05) is 0 Å². The lowest BCUT2D eigenvalue weighted by Gasteiger charge is -2.38. The first-order chi connectivity index (χ1) is 19.2. The molecule has 218 valence electrons. The molecule has 4 rings (SSSR count). The Morgan fingerprint density at radius 3 is 2.40 bits per heavy atom. The first-order valence-corrected chi connectivity index (χ1v) is 14.4. The van der Waals surface area contributed by atoms with Crippen LogP contribution in [0, 0.1) is 10.1 Å². The zero-order chi connectivity index (χ0) is 28.7. The zero-order valence-electron chi connectivity index (χ0n) is 21.8. The van der Waals surface area contributed by atoms with E-state index in [9.17, 15) is 33.5 Å². The van der Waals surface area contributed by atoms with Crippen molar-refractivity contribution in [2.24, 2.45) is 0 Å². The normalized spacial score (nSPS) is 18.4. The highest BCUT2D eigenvalue weighted by Gasteiger charge is 2.41. The number of carbonyl (C=O) groups is 1. The fourth-order valence-corrected chi connectivity index (χ4v) is 6.42. The average molecular weight is 580 g/mol. The highest BCUT2D eigenvalue weighted by molar-refractivity contribution is 7.89. The first-order valence-electron chi connectivity index (χ1n) is 13.0. The molecule has 2 fully saturated rings. The van der Waals surface area contributed by atoms with Crippen LogP contribution in [0.4, 0.5) is 10.5 Å². The second-order valence-corrected chi connectivity index (χ2v) is 11.6. The highest BCUT2D eigenvalue weighted by Crippen LogP contribution is 2.30. The summed E-state index contributed by atoms with van der Waals surface area (Å²) in [5, 5.41) is 32.8. The molecule has 2 aromatic rings. The molecule has 1 amide bonds. The lowest BCUT2D eigenvalue weighted by Crippen LogP contribution is -2.56. The van der Waals surface area contributed by atoms with Gasteiger partial charge in [-0.2, -0.15) is 0 Å². The van der Waals surface area contributed by atoms with Gasteiger partial charge in [0.25, 0.3) is 15.7 Å². The van der Waals surface area contributed by atoms with Crippen LogP contribution in [-0.2, 0) is 30.8 Å². The van der Waals surface area contributed by atoms with Crippen molar-refractivity contribution < 1.29 is 42.7 Å². The Morgan fingerprint density at radius 1 is 1.10 bits per heavy atom. The fourth-order valence-electron chi connectivity index (χ4n) is 4.88. The summed E-state index contributed by atoms with van der Waals surface area (Å²) in [6, 6.07) is 11.4. The Bertz CT molecular complexity index is 1250. The molecule has 1 saturated carbocycles. The number of benzene rings is 2. The van der Waals surface area contributed by atoms with E-state index in [0.29, 0.717) is 18.4 Å². The predicted octanol–water partition coefficient (Wildman–Crippen LogP) is 2.78. The van der Waals surface area contributed by atoms with Gasteiger partial charge in [-0.1, -0.05) is 53.7 Å². The minimum Gasteiger partial charge on any atom is -0.465 e. The number of aliphatic hydroxyl groups excluding tert-OH is 1. The van der Waals surface area contributed by atoms with Gasteiger partial charge in [0.2, 0.25) is 0 Å². The monoisotopic (exact) mass is 579 g/mol. The SMILES string of the molecule is O=C(O)N(C[C@@H](O)C(Cc1ccccc1)N(OC1CCCC1)S(=O)(=O)c1cccc([N+](=O)[O-])c1)C1COCOC1. The first kappa shape index (κ1) is 29.8. The Kier molecular flexibility index (Phi) is 10.1. The Labute approximate surface area is 232 Å². The molecule has 1 heterocycles. The van der Waals surface area contributed by atoms with Gasteiger partial charge in [-0.3, -0.25) is 19.9 Å². The maximum atomic E-state index is 14.0. The number of non-ortho nitro benzene ring substituents is 1. The molecule has 1 aliphatic carbocycles. The third kappa shape index (κ3) is 7.33. The molecule has 2 aliphatic rings. The van der Waals surface area contributed by atoms with Crippen LogP contribution in [0.2, 0.25) is 0 Å². The van der Waals surface area contributed by atoms with Gasteiger partial charge in [0, 0.05) is 12.1 Å². The van der Waals surface area contributed by atoms with E-state index in [4.69, 9.17) is 14.3 Å². The van der Waals surface area contributed by atoms with Crippen molar-refractivity contribution in [1.82, 2.24) is 9.37 Å². The number of nitrogens with zero attached hydrogens (tertiary/aromatic N) is 3. The third-order valence-electron chi connectivity index (χ3n) is 6.98. The van der Waals surface area contributed by atoms with E-state index in [1.54, 1.807) is 30.3 Å². The Morgan fingerprint density at radius 2 is 1.77 bits per heavy atom. The second kappa shape index (κ2) is 13.5. The zero-order valence-corrected chi connectivity index (χ0v) is 22.6. The summed E-state index contributed by atoms with van der Waals surface area (Å²) in [6.07, 6.45) is -0.524. The van der Waals surface area contributed by atoms with E-state index in [-0.39, 0.29) is 31.3 Å². The number of hydroxylamine groups is 1. The summed E-state index contributed by atoms with van der Waals surface area (Å²) >= 11 is 0. The van der Waals surface area contributed by atoms with Gasteiger partial charge in [-0.15, -0.1) is 0 Å². The number of aliphatic hydroxyl groups is 1. The summed E-state index contributed by atoms with van der Waals surface area (Å²) in [5.41, 5.74) is 0.253. The molecule has 1 aliphatic heterocycles. The topological polar surface area (TPSA) is 169 Å². The summed E-state index contributed by atoms with van der Waals surface area (Å²) < 4.78 is 39.3. The van der Waals surface area contributed by atoms with Crippen LogP contribution in [0.3, 0.4) is 0 Å². The van der Waals surface area contributed by atoms with Crippen molar-refractivity contribution in [2.45, 2.75) is 61.3 Å². The summed E-state index contributed by atoms with van der Waals surface area (Å²) in [4.78, 5) is 29.5. The molecular weight excluding hydrogens is 546 g/mol. The third-order valence-corrected chi connectivity index (χ3v) is 8.66. The molecule has 0 spiro atoms. The Hall–Kier alpha value is -3.14. The van der Waals surface area contributed by atoms with Crippen molar-refractivity contribution in [1.29, 1.82) is 0 Å².